The van der Waals surface area contributed by atoms with E-state index in [0.29, 0.717) is 12.5 Å². The third kappa shape index (κ3) is 2.45. The molecule has 0 spiro atoms. The standard InChI is InChI=1S/C14H13BrClN3S/c1-8-11(15)6-13(20-8)12-7-18-14(17)19(12)10-4-2-9(16)3-5-10/h2-6,12H,7H2,1H3,(H2,17,18). The molecule has 0 amide bonds. The van der Waals surface area contributed by atoms with Crippen LogP contribution in [0.4, 0.5) is 5.69 Å². The Balaban J connectivity index is 1.98. The molecule has 1 aliphatic heterocycles. The van der Waals surface area contributed by atoms with E-state index < -0.39 is 0 Å². The normalized spacial score (nSPS) is 18.4. The number of nitrogens with zero attached hydrogens (tertiary/aromatic N) is 2. The van der Waals surface area contributed by atoms with E-state index in [9.17, 15) is 0 Å². The Morgan fingerprint density at radius 3 is 2.70 bits per heavy atom. The van der Waals surface area contributed by atoms with Crippen molar-refractivity contribution in [3.63, 3.8) is 0 Å². The molecule has 1 aromatic heterocycles. The van der Waals surface area contributed by atoms with Gasteiger partial charge in [-0.2, -0.15) is 0 Å². The number of nitrogens with two attached hydrogens (primary N) is 1. The van der Waals surface area contributed by atoms with E-state index in [1.165, 1.54) is 9.75 Å². The summed E-state index contributed by atoms with van der Waals surface area (Å²) in [4.78, 5) is 8.98. The molecule has 0 bridgehead atoms. The van der Waals surface area contributed by atoms with Crippen LogP contribution in [0.15, 0.2) is 39.8 Å². The third-order valence-electron chi connectivity index (χ3n) is 3.29. The second kappa shape index (κ2) is 5.39. The second-order valence-corrected chi connectivity index (χ2v) is 7.19. The topological polar surface area (TPSA) is 41.6 Å². The largest absolute Gasteiger partial charge is 0.369 e. The van der Waals surface area contributed by atoms with Crippen molar-refractivity contribution in [2.45, 2.75) is 13.0 Å². The van der Waals surface area contributed by atoms with E-state index in [4.69, 9.17) is 17.3 Å². The third-order valence-corrected chi connectivity index (χ3v) is 5.78. The van der Waals surface area contributed by atoms with Gasteiger partial charge in [0.1, 0.15) is 0 Å². The first-order valence-corrected chi connectivity index (χ1v) is 8.15. The molecule has 0 saturated heterocycles. The summed E-state index contributed by atoms with van der Waals surface area (Å²) >= 11 is 11.3. The first kappa shape index (κ1) is 13.9. The van der Waals surface area contributed by atoms with Crippen LogP contribution in [0.25, 0.3) is 0 Å². The summed E-state index contributed by atoms with van der Waals surface area (Å²) in [5, 5.41) is 0.717. The Morgan fingerprint density at radius 2 is 2.10 bits per heavy atom. The fraction of sp³-hybridized carbons (Fsp3) is 0.214. The van der Waals surface area contributed by atoms with Crippen molar-refractivity contribution in [1.82, 2.24) is 0 Å². The summed E-state index contributed by atoms with van der Waals surface area (Å²) in [5.74, 6) is 0.555. The van der Waals surface area contributed by atoms with Gasteiger partial charge in [-0.1, -0.05) is 11.6 Å². The molecule has 104 valence electrons. The highest BCUT2D eigenvalue weighted by molar-refractivity contribution is 9.10. The van der Waals surface area contributed by atoms with Crippen LogP contribution in [0.2, 0.25) is 5.02 Å². The maximum absolute atomic E-state index is 6.06. The monoisotopic (exact) mass is 369 g/mol. The van der Waals surface area contributed by atoms with E-state index in [2.05, 4.69) is 38.8 Å². The summed E-state index contributed by atoms with van der Waals surface area (Å²) in [6.07, 6.45) is 0. The van der Waals surface area contributed by atoms with Crippen molar-refractivity contribution in [3.05, 3.63) is 49.6 Å². The first-order chi connectivity index (χ1) is 9.56. The fourth-order valence-electron chi connectivity index (χ4n) is 2.27. The Morgan fingerprint density at radius 1 is 1.40 bits per heavy atom. The average molecular weight is 371 g/mol. The molecule has 3 nitrogen and oxygen atoms in total. The van der Waals surface area contributed by atoms with Gasteiger partial charge in [-0.25, -0.2) is 0 Å². The number of guanidine groups is 1. The number of hydrogen-bond donors (Lipinski definition) is 1. The van der Waals surface area contributed by atoms with Crippen LogP contribution in [0, 0.1) is 6.92 Å². The number of thiophene rings is 1. The molecule has 1 aliphatic rings. The second-order valence-electron chi connectivity index (χ2n) is 4.61. The Hall–Kier alpha value is -1.04. The fourth-order valence-corrected chi connectivity index (χ4v) is 4.04. The molecule has 0 aliphatic carbocycles. The molecule has 2 N–H and O–H groups in total. The number of benzene rings is 1. The number of aryl methyl sites for hydroxylation is 1. The maximum atomic E-state index is 6.06. The summed E-state index contributed by atoms with van der Waals surface area (Å²) in [6, 6.07) is 9.99. The maximum Gasteiger partial charge on any atom is 0.196 e. The van der Waals surface area contributed by atoms with E-state index >= 15 is 0 Å². The Bertz CT molecular complexity index is 646. The van der Waals surface area contributed by atoms with E-state index in [0.717, 1.165) is 15.2 Å². The molecule has 1 atom stereocenters. The molecule has 2 aromatic rings. The van der Waals surface area contributed by atoms with E-state index in [1.54, 1.807) is 11.3 Å². The van der Waals surface area contributed by atoms with Crippen molar-refractivity contribution in [3.8, 4) is 0 Å². The lowest BCUT2D eigenvalue weighted by Crippen LogP contribution is -2.35. The van der Waals surface area contributed by atoms with Gasteiger partial charge in [-0.3, -0.25) is 4.99 Å². The van der Waals surface area contributed by atoms with Crippen molar-refractivity contribution in [2.24, 2.45) is 10.7 Å². The molecule has 6 heteroatoms. The lowest BCUT2D eigenvalue weighted by molar-refractivity contribution is 0.784. The first-order valence-electron chi connectivity index (χ1n) is 6.17. The molecule has 3 rings (SSSR count). The lowest BCUT2D eigenvalue weighted by Gasteiger charge is -2.25. The van der Waals surface area contributed by atoms with Crippen LogP contribution in [-0.4, -0.2) is 12.5 Å². The number of rotatable bonds is 2. The zero-order valence-electron chi connectivity index (χ0n) is 10.8. The number of aliphatic imine (C=N–C) groups is 1. The predicted molar refractivity (Wildman–Crippen MR) is 89.9 cm³/mol. The molecule has 2 heterocycles. The zero-order valence-corrected chi connectivity index (χ0v) is 14.0. The van der Waals surface area contributed by atoms with Crippen LogP contribution in [0.5, 0.6) is 0 Å². The van der Waals surface area contributed by atoms with Crippen molar-refractivity contribution in [1.29, 1.82) is 0 Å². The molecular weight excluding hydrogens is 358 g/mol. The van der Waals surface area contributed by atoms with Gasteiger partial charge in [-0.05, 0) is 53.2 Å². The van der Waals surface area contributed by atoms with Gasteiger partial charge in [0, 0.05) is 24.9 Å². The minimum atomic E-state index is 0.158. The van der Waals surface area contributed by atoms with E-state index in [1.807, 2.05) is 24.3 Å². The molecule has 0 radical (unpaired) electrons. The van der Waals surface area contributed by atoms with Gasteiger partial charge in [0.2, 0.25) is 0 Å². The van der Waals surface area contributed by atoms with E-state index in [-0.39, 0.29) is 6.04 Å². The zero-order chi connectivity index (χ0) is 14.3. The molecule has 1 unspecified atom stereocenters. The quantitative estimate of drug-likeness (QED) is 0.854. The summed E-state index contributed by atoms with van der Waals surface area (Å²) in [6.45, 7) is 2.78. The van der Waals surface area contributed by atoms with Gasteiger partial charge in [0.15, 0.2) is 5.96 Å². The van der Waals surface area contributed by atoms with Crippen molar-refractivity contribution < 1.29 is 0 Å². The minimum absolute atomic E-state index is 0.158. The summed E-state index contributed by atoms with van der Waals surface area (Å²) in [5.41, 5.74) is 7.07. The minimum Gasteiger partial charge on any atom is -0.369 e. The highest BCUT2D eigenvalue weighted by atomic mass is 79.9. The van der Waals surface area contributed by atoms with Crippen LogP contribution < -0.4 is 10.6 Å². The van der Waals surface area contributed by atoms with Gasteiger partial charge in [0.25, 0.3) is 0 Å². The number of halogens is 2. The summed E-state index contributed by atoms with van der Waals surface area (Å²) < 4.78 is 1.14. The average Bonchev–Trinajstić information content (AvgIpc) is 2.95. The molecule has 0 saturated carbocycles. The molecule has 1 aromatic carbocycles. The van der Waals surface area contributed by atoms with Crippen LogP contribution in [-0.2, 0) is 0 Å². The van der Waals surface area contributed by atoms with Gasteiger partial charge in [-0.15, -0.1) is 11.3 Å². The Kier molecular flexibility index (Phi) is 3.75. The molecule has 20 heavy (non-hydrogen) atoms. The highest BCUT2D eigenvalue weighted by Gasteiger charge is 2.30. The Labute approximate surface area is 135 Å². The molecule has 0 fully saturated rings. The van der Waals surface area contributed by atoms with Gasteiger partial charge < -0.3 is 10.6 Å². The molecular formula is C14H13BrClN3S. The number of hydrogen-bond acceptors (Lipinski definition) is 4. The van der Waals surface area contributed by atoms with Gasteiger partial charge >= 0.3 is 0 Å². The SMILES string of the molecule is Cc1sc(C2CN=C(N)N2c2ccc(Cl)cc2)cc1Br. The van der Waals surface area contributed by atoms with Gasteiger partial charge in [0.05, 0.1) is 12.6 Å². The highest BCUT2D eigenvalue weighted by Crippen LogP contribution is 2.37. The van der Waals surface area contributed by atoms with Crippen LogP contribution in [0.1, 0.15) is 15.8 Å². The van der Waals surface area contributed by atoms with Crippen LogP contribution >= 0.6 is 38.9 Å². The van der Waals surface area contributed by atoms with Crippen LogP contribution in [0.3, 0.4) is 0 Å². The predicted octanol–water partition coefficient (Wildman–Crippen LogP) is 4.35. The smallest absolute Gasteiger partial charge is 0.196 e. The summed E-state index contributed by atoms with van der Waals surface area (Å²) in [7, 11) is 0. The van der Waals surface area contributed by atoms with Crippen molar-refractivity contribution in [2.75, 3.05) is 11.4 Å². The number of anilines is 1. The lowest BCUT2D eigenvalue weighted by atomic mass is 10.2. The van der Waals surface area contributed by atoms with Crippen molar-refractivity contribution >= 4 is 50.5 Å².